The molecule has 0 spiro atoms. The number of piperazine rings is 1. The summed E-state index contributed by atoms with van der Waals surface area (Å²) in [7, 11) is -2.98. The lowest BCUT2D eigenvalue weighted by atomic mass is 10.1. The highest BCUT2D eigenvalue weighted by molar-refractivity contribution is 7.99. The highest BCUT2D eigenvalue weighted by Crippen LogP contribution is 2.25. The molecule has 7 nitrogen and oxygen atoms in total. The minimum atomic E-state index is -2.98. The second-order valence-corrected chi connectivity index (χ2v) is 10.2. The normalized spacial score (nSPS) is 21.4. The third-order valence-corrected chi connectivity index (χ3v) is 6.85. The van der Waals surface area contributed by atoms with E-state index in [4.69, 9.17) is 0 Å². The molecular formula is C18H25N3O4S2. The Bertz CT molecular complexity index is 777. The maximum Gasteiger partial charge on any atom is 0.255 e. The van der Waals surface area contributed by atoms with Crippen LogP contribution in [0.4, 0.5) is 0 Å². The van der Waals surface area contributed by atoms with Crippen LogP contribution in [0.3, 0.4) is 0 Å². The Balaban J connectivity index is 1.57. The summed E-state index contributed by atoms with van der Waals surface area (Å²) in [6.45, 7) is 2.95. The fourth-order valence-corrected chi connectivity index (χ4v) is 5.03. The second-order valence-electron chi connectivity index (χ2n) is 6.95. The SMILES string of the molecule is CS(=O)(=O)CCN1CCN(C(=O)C2CSCN2C(=O)c2ccccc2)CC1. The average molecular weight is 412 g/mol. The number of amides is 2. The lowest BCUT2D eigenvalue weighted by molar-refractivity contribution is -0.136. The lowest BCUT2D eigenvalue weighted by Crippen LogP contribution is -2.55. The van der Waals surface area contributed by atoms with Crippen molar-refractivity contribution in [3.05, 3.63) is 35.9 Å². The molecule has 0 aliphatic carbocycles. The van der Waals surface area contributed by atoms with E-state index in [0.29, 0.717) is 49.9 Å². The number of carbonyl (C=O) groups excluding carboxylic acids is 2. The predicted octanol–water partition coefficient (Wildman–Crippen LogP) is 0.391. The number of carbonyl (C=O) groups is 2. The Morgan fingerprint density at radius 1 is 1.11 bits per heavy atom. The maximum atomic E-state index is 13.0. The van der Waals surface area contributed by atoms with Gasteiger partial charge < -0.3 is 9.80 Å². The maximum absolute atomic E-state index is 13.0. The molecule has 2 aliphatic heterocycles. The quantitative estimate of drug-likeness (QED) is 0.698. The Morgan fingerprint density at radius 3 is 2.41 bits per heavy atom. The molecule has 0 bridgehead atoms. The van der Waals surface area contributed by atoms with Crippen molar-refractivity contribution in [2.45, 2.75) is 6.04 Å². The zero-order valence-electron chi connectivity index (χ0n) is 15.4. The molecule has 3 rings (SSSR count). The highest BCUT2D eigenvalue weighted by atomic mass is 32.2. The van der Waals surface area contributed by atoms with Gasteiger partial charge in [0.25, 0.3) is 5.91 Å². The van der Waals surface area contributed by atoms with Crippen LogP contribution in [0.5, 0.6) is 0 Å². The van der Waals surface area contributed by atoms with Crippen molar-refractivity contribution in [3.63, 3.8) is 0 Å². The summed E-state index contributed by atoms with van der Waals surface area (Å²) in [6, 6.07) is 8.62. The Kier molecular flexibility index (Phi) is 6.44. The molecular weight excluding hydrogens is 386 g/mol. The summed E-state index contributed by atoms with van der Waals surface area (Å²) in [5.74, 6) is 1.17. The number of hydrogen-bond acceptors (Lipinski definition) is 6. The summed E-state index contributed by atoms with van der Waals surface area (Å²) < 4.78 is 22.6. The molecule has 2 saturated heterocycles. The molecule has 0 aromatic heterocycles. The van der Waals surface area contributed by atoms with Crippen molar-refractivity contribution in [1.82, 2.24) is 14.7 Å². The molecule has 1 aromatic rings. The summed E-state index contributed by atoms with van der Waals surface area (Å²) in [4.78, 5) is 31.3. The van der Waals surface area contributed by atoms with Gasteiger partial charge in [-0.2, -0.15) is 0 Å². The number of rotatable bonds is 5. The van der Waals surface area contributed by atoms with Crippen molar-refractivity contribution < 1.29 is 18.0 Å². The molecule has 27 heavy (non-hydrogen) atoms. The van der Waals surface area contributed by atoms with Gasteiger partial charge in [-0.25, -0.2) is 8.42 Å². The van der Waals surface area contributed by atoms with Crippen LogP contribution in [-0.2, 0) is 14.6 Å². The van der Waals surface area contributed by atoms with E-state index in [0.717, 1.165) is 0 Å². The molecule has 1 aromatic carbocycles. The number of benzene rings is 1. The number of nitrogens with zero attached hydrogens (tertiary/aromatic N) is 3. The molecule has 1 unspecified atom stereocenters. The van der Waals surface area contributed by atoms with Gasteiger partial charge in [0.05, 0.1) is 11.6 Å². The van der Waals surface area contributed by atoms with Crippen LogP contribution in [0.1, 0.15) is 10.4 Å². The van der Waals surface area contributed by atoms with Gasteiger partial charge in [0.15, 0.2) is 0 Å². The van der Waals surface area contributed by atoms with Crippen molar-refractivity contribution in [2.24, 2.45) is 0 Å². The van der Waals surface area contributed by atoms with E-state index in [2.05, 4.69) is 4.90 Å². The molecule has 2 aliphatic rings. The molecule has 2 heterocycles. The largest absolute Gasteiger partial charge is 0.338 e. The van der Waals surface area contributed by atoms with Crippen molar-refractivity contribution in [1.29, 1.82) is 0 Å². The van der Waals surface area contributed by atoms with Crippen LogP contribution in [0.2, 0.25) is 0 Å². The van der Waals surface area contributed by atoms with Crippen LogP contribution < -0.4 is 0 Å². The van der Waals surface area contributed by atoms with E-state index < -0.39 is 15.9 Å². The first-order chi connectivity index (χ1) is 12.8. The fourth-order valence-electron chi connectivity index (χ4n) is 3.29. The first-order valence-corrected chi connectivity index (χ1v) is 12.2. The third-order valence-electron chi connectivity index (χ3n) is 4.91. The van der Waals surface area contributed by atoms with Crippen molar-refractivity contribution in [2.75, 3.05) is 56.4 Å². The highest BCUT2D eigenvalue weighted by Gasteiger charge is 2.38. The summed E-state index contributed by atoms with van der Waals surface area (Å²) in [5.41, 5.74) is 0.600. The molecule has 0 saturated carbocycles. The second kappa shape index (κ2) is 8.62. The Hall–Kier alpha value is -1.58. The number of thioether (sulfide) groups is 1. The molecule has 0 radical (unpaired) electrons. The summed E-state index contributed by atoms with van der Waals surface area (Å²) in [6.07, 6.45) is 1.24. The van der Waals surface area contributed by atoms with Crippen molar-refractivity contribution >= 4 is 33.4 Å². The van der Waals surface area contributed by atoms with E-state index in [-0.39, 0.29) is 17.6 Å². The van der Waals surface area contributed by atoms with Gasteiger partial charge in [0, 0.05) is 50.3 Å². The molecule has 2 amide bonds. The van der Waals surface area contributed by atoms with E-state index in [1.54, 1.807) is 33.7 Å². The first kappa shape index (κ1) is 20.2. The van der Waals surface area contributed by atoms with Gasteiger partial charge in [0.2, 0.25) is 5.91 Å². The summed E-state index contributed by atoms with van der Waals surface area (Å²) in [5, 5.41) is 0. The minimum absolute atomic E-state index is 0.00737. The molecule has 0 N–H and O–H groups in total. The van der Waals surface area contributed by atoms with Gasteiger partial charge in [-0.15, -0.1) is 11.8 Å². The van der Waals surface area contributed by atoms with Crippen LogP contribution >= 0.6 is 11.8 Å². The topological polar surface area (TPSA) is 78.0 Å². The minimum Gasteiger partial charge on any atom is -0.338 e. The predicted molar refractivity (Wildman–Crippen MR) is 106 cm³/mol. The first-order valence-electron chi connectivity index (χ1n) is 8.98. The summed E-state index contributed by atoms with van der Waals surface area (Å²) >= 11 is 1.60. The van der Waals surface area contributed by atoms with E-state index >= 15 is 0 Å². The van der Waals surface area contributed by atoms with Gasteiger partial charge in [-0.1, -0.05) is 18.2 Å². The van der Waals surface area contributed by atoms with Crippen LogP contribution in [0.15, 0.2) is 30.3 Å². The van der Waals surface area contributed by atoms with Gasteiger partial charge in [0.1, 0.15) is 15.9 Å². The molecule has 2 fully saturated rings. The van der Waals surface area contributed by atoms with E-state index in [1.165, 1.54) is 6.26 Å². The van der Waals surface area contributed by atoms with Crippen LogP contribution in [0, 0.1) is 0 Å². The average Bonchev–Trinajstić information content (AvgIpc) is 3.15. The van der Waals surface area contributed by atoms with E-state index in [1.807, 2.05) is 18.2 Å². The van der Waals surface area contributed by atoms with Gasteiger partial charge in [-0.3, -0.25) is 14.5 Å². The van der Waals surface area contributed by atoms with Crippen LogP contribution in [0.25, 0.3) is 0 Å². The van der Waals surface area contributed by atoms with Gasteiger partial charge in [-0.05, 0) is 12.1 Å². The van der Waals surface area contributed by atoms with Gasteiger partial charge >= 0.3 is 0 Å². The third kappa shape index (κ3) is 5.24. The smallest absolute Gasteiger partial charge is 0.255 e. The Morgan fingerprint density at radius 2 is 1.78 bits per heavy atom. The zero-order chi connectivity index (χ0) is 19.4. The molecule has 1 atom stereocenters. The lowest BCUT2D eigenvalue weighted by Gasteiger charge is -2.37. The van der Waals surface area contributed by atoms with Crippen molar-refractivity contribution in [3.8, 4) is 0 Å². The monoisotopic (exact) mass is 411 g/mol. The zero-order valence-corrected chi connectivity index (χ0v) is 17.0. The standard InChI is InChI=1S/C18H25N3O4S2/c1-27(24,25)12-11-19-7-9-20(10-8-19)18(23)16-13-26-14-21(16)17(22)15-5-3-2-4-6-15/h2-6,16H,7-14H2,1H3. The van der Waals surface area contributed by atoms with Crippen LogP contribution in [-0.4, -0.2) is 97.3 Å². The number of hydrogen-bond donors (Lipinski definition) is 0. The molecule has 148 valence electrons. The Labute approximate surface area is 164 Å². The number of sulfone groups is 1. The molecule has 9 heteroatoms. The fraction of sp³-hybridized carbons (Fsp3) is 0.556. The van der Waals surface area contributed by atoms with E-state index in [9.17, 15) is 18.0 Å².